The Kier molecular flexibility index (Phi) is 7.50. The highest BCUT2D eigenvalue weighted by Gasteiger charge is 2.18. The number of carbonyl (C=O) groups excluding carboxylic acids is 2. The van der Waals surface area contributed by atoms with Crippen LogP contribution in [0, 0.1) is 30.9 Å². The lowest BCUT2D eigenvalue weighted by atomic mass is 10.2. The van der Waals surface area contributed by atoms with Crippen molar-refractivity contribution in [3.63, 3.8) is 0 Å². The number of hydrogen-bond donors (Lipinski definition) is 2. The third-order valence-corrected chi connectivity index (χ3v) is 6.56. The Morgan fingerprint density at radius 3 is 2.26 bits per heavy atom. The summed E-state index contributed by atoms with van der Waals surface area (Å²) in [6, 6.07) is 14.7. The minimum atomic E-state index is -3.82. The smallest absolute Gasteiger partial charge is 0.338 e. The Hall–Kier alpha value is -4.25. The Morgan fingerprint density at radius 1 is 0.943 bits per heavy atom. The molecule has 0 spiro atoms. The lowest BCUT2D eigenvalue weighted by Gasteiger charge is -2.12. The van der Waals surface area contributed by atoms with Crippen molar-refractivity contribution in [2.75, 3.05) is 16.6 Å². The molecule has 0 aliphatic rings. The van der Waals surface area contributed by atoms with Crippen molar-refractivity contribution < 1.29 is 27.7 Å². The quantitative estimate of drug-likeness (QED) is 0.270. The predicted molar refractivity (Wildman–Crippen MR) is 130 cm³/mol. The molecule has 0 saturated carbocycles. The molecule has 3 aromatic carbocycles. The SMILES string of the molecule is Cc1ccc(C)c(S(=O)(=O)Nc2ccc(C(=O)OCC(=O)Nc3ccc([N+](=O)[O-])cc3C)cc2)c1. The summed E-state index contributed by atoms with van der Waals surface area (Å²) in [5, 5.41) is 13.3. The van der Waals surface area contributed by atoms with Crippen molar-refractivity contribution in [3.05, 3.63) is 93.0 Å². The maximum atomic E-state index is 12.7. The normalized spacial score (nSPS) is 10.9. The number of nitro benzene ring substituents is 1. The van der Waals surface area contributed by atoms with Crippen LogP contribution in [-0.4, -0.2) is 31.8 Å². The van der Waals surface area contributed by atoms with Crippen LogP contribution in [0.3, 0.4) is 0 Å². The Balaban J connectivity index is 1.59. The predicted octanol–water partition coefficient (Wildman–Crippen LogP) is 4.12. The molecular weight excluding hydrogens is 474 g/mol. The number of rotatable bonds is 8. The molecule has 0 bridgehead atoms. The first-order valence-electron chi connectivity index (χ1n) is 10.4. The van der Waals surface area contributed by atoms with Crippen LogP contribution < -0.4 is 10.0 Å². The van der Waals surface area contributed by atoms with Crippen molar-refractivity contribution in [2.45, 2.75) is 25.7 Å². The number of benzene rings is 3. The van der Waals surface area contributed by atoms with E-state index in [-0.39, 0.29) is 21.8 Å². The molecule has 0 aliphatic heterocycles. The zero-order valence-corrected chi connectivity index (χ0v) is 20.0. The Morgan fingerprint density at radius 2 is 1.63 bits per heavy atom. The molecule has 2 N–H and O–H groups in total. The van der Waals surface area contributed by atoms with E-state index in [2.05, 4.69) is 10.0 Å². The Labute approximate surface area is 202 Å². The van der Waals surface area contributed by atoms with Crippen LogP contribution in [0.25, 0.3) is 0 Å². The number of anilines is 2. The summed E-state index contributed by atoms with van der Waals surface area (Å²) in [6.07, 6.45) is 0. The number of esters is 1. The van der Waals surface area contributed by atoms with Crippen LogP contribution in [-0.2, 0) is 19.6 Å². The highest BCUT2D eigenvalue weighted by atomic mass is 32.2. The minimum absolute atomic E-state index is 0.105. The first kappa shape index (κ1) is 25.4. The van der Waals surface area contributed by atoms with Crippen molar-refractivity contribution >= 4 is 39.0 Å². The molecule has 0 radical (unpaired) electrons. The molecule has 182 valence electrons. The van der Waals surface area contributed by atoms with Gasteiger partial charge in [-0.05, 0) is 73.9 Å². The van der Waals surface area contributed by atoms with Gasteiger partial charge in [0, 0.05) is 23.5 Å². The average Bonchev–Trinajstić information content (AvgIpc) is 2.80. The largest absolute Gasteiger partial charge is 0.452 e. The number of non-ortho nitro benzene ring substituents is 1. The van der Waals surface area contributed by atoms with E-state index < -0.39 is 33.4 Å². The standard InChI is InChI=1S/C24H23N3O7S/c1-15-4-5-16(2)22(12-15)35(32,33)26-19-8-6-18(7-9-19)24(29)34-14-23(28)25-21-11-10-20(27(30)31)13-17(21)3/h4-13,26H,14H2,1-3H3,(H,25,28). The lowest BCUT2D eigenvalue weighted by Crippen LogP contribution is -2.21. The van der Waals surface area contributed by atoms with Gasteiger partial charge in [-0.15, -0.1) is 0 Å². The van der Waals surface area contributed by atoms with Gasteiger partial charge < -0.3 is 10.1 Å². The third kappa shape index (κ3) is 6.42. The molecule has 35 heavy (non-hydrogen) atoms. The van der Waals surface area contributed by atoms with Crippen LogP contribution in [0.15, 0.2) is 65.6 Å². The van der Waals surface area contributed by atoms with Crippen molar-refractivity contribution in [2.24, 2.45) is 0 Å². The molecule has 0 saturated heterocycles. The number of carbonyl (C=O) groups is 2. The molecule has 10 nitrogen and oxygen atoms in total. The first-order chi connectivity index (χ1) is 16.5. The molecule has 0 aliphatic carbocycles. The second-order valence-electron chi connectivity index (χ2n) is 7.83. The summed E-state index contributed by atoms with van der Waals surface area (Å²) >= 11 is 0. The first-order valence-corrected chi connectivity index (χ1v) is 11.9. The van der Waals surface area contributed by atoms with Crippen molar-refractivity contribution in [1.29, 1.82) is 0 Å². The number of nitrogens with one attached hydrogen (secondary N) is 2. The zero-order valence-electron chi connectivity index (χ0n) is 19.2. The zero-order chi connectivity index (χ0) is 25.8. The molecule has 3 aromatic rings. The number of nitro groups is 1. The van der Waals surface area contributed by atoms with Gasteiger partial charge in [-0.3, -0.25) is 19.6 Å². The molecule has 1 amide bonds. The fraction of sp³-hybridized carbons (Fsp3) is 0.167. The van der Waals surface area contributed by atoms with Gasteiger partial charge in [0.15, 0.2) is 6.61 Å². The van der Waals surface area contributed by atoms with Crippen LogP contribution in [0.2, 0.25) is 0 Å². The highest BCUT2D eigenvalue weighted by molar-refractivity contribution is 7.92. The fourth-order valence-electron chi connectivity index (χ4n) is 3.18. The molecule has 11 heteroatoms. The van der Waals surface area contributed by atoms with E-state index in [1.165, 1.54) is 42.5 Å². The topological polar surface area (TPSA) is 145 Å². The summed E-state index contributed by atoms with van der Waals surface area (Å²) < 4.78 is 32.9. The third-order valence-electron chi connectivity index (χ3n) is 5.04. The van der Waals surface area contributed by atoms with Gasteiger partial charge in [0.05, 0.1) is 15.4 Å². The molecule has 0 atom stereocenters. The summed E-state index contributed by atoms with van der Waals surface area (Å²) in [7, 11) is -3.82. The van der Waals surface area contributed by atoms with Crippen LogP contribution >= 0.6 is 0 Å². The number of ether oxygens (including phenoxy) is 1. The number of aryl methyl sites for hydroxylation is 3. The second-order valence-corrected chi connectivity index (χ2v) is 9.48. The summed E-state index contributed by atoms with van der Waals surface area (Å²) in [5.41, 5.74) is 2.53. The van der Waals surface area contributed by atoms with Gasteiger partial charge in [-0.1, -0.05) is 12.1 Å². The second kappa shape index (κ2) is 10.3. The number of hydrogen-bond acceptors (Lipinski definition) is 7. The molecule has 0 heterocycles. The van der Waals surface area contributed by atoms with Gasteiger partial charge in [0.25, 0.3) is 21.6 Å². The monoisotopic (exact) mass is 497 g/mol. The van der Waals surface area contributed by atoms with E-state index in [4.69, 9.17) is 4.74 Å². The van der Waals surface area contributed by atoms with E-state index >= 15 is 0 Å². The van der Waals surface area contributed by atoms with Crippen molar-refractivity contribution in [1.82, 2.24) is 0 Å². The van der Waals surface area contributed by atoms with E-state index in [0.29, 0.717) is 16.8 Å². The molecule has 0 fully saturated rings. The Bertz CT molecular complexity index is 1400. The average molecular weight is 498 g/mol. The maximum absolute atomic E-state index is 12.7. The van der Waals surface area contributed by atoms with E-state index in [0.717, 1.165) is 5.56 Å². The van der Waals surface area contributed by atoms with E-state index in [1.807, 2.05) is 6.07 Å². The summed E-state index contributed by atoms with van der Waals surface area (Å²) in [5.74, 6) is -1.39. The highest BCUT2D eigenvalue weighted by Crippen LogP contribution is 2.22. The van der Waals surface area contributed by atoms with E-state index in [9.17, 15) is 28.1 Å². The molecule has 0 unspecified atom stereocenters. The van der Waals surface area contributed by atoms with Crippen LogP contribution in [0.1, 0.15) is 27.0 Å². The fourth-order valence-corrected chi connectivity index (χ4v) is 4.57. The minimum Gasteiger partial charge on any atom is -0.452 e. The van der Waals surface area contributed by atoms with Gasteiger partial charge >= 0.3 is 5.97 Å². The molecular formula is C24H23N3O7S. The summed E-state index contributed by atoms with van der Waals surface area (Å²) in [6.45, 7) is 4.53. The number of amides is 1. The van der Waals surface area contributed by atoms with Crippen molar-refractivity contribution in [3.8, 4) is 0 Å². The lowest BCUT2D eigenvalue weighted by molar-refractivity contribution is -0.384. The molecule has 3 rings (SSSR count). The van der Waals surface area contributed by atoms with Gasteiger partial charge in [-0.25, -0.2) is 13.2 Å². The van der Waals surface area contributed by atoms with Gasteiger partial charge in [0.2, 0.25) is 0 Å². The summed E-state index contributed by atoms with van der Waals surface area (Å²) in [4.78, 5) is 34.8. The maximum Gasteiger partial charge on any atom is 0.338 e. The number of nitrogens with zero attached hydrogens (tertiary/aromatic N) is 1. The van der Waals surface area contributed by atoms with Crippen LogP contribution in [0.5, 0.6) is 0 Å². The number of sulfonamides is 1. The van der Waals surface area contributed by atoms with Gasteiger partial charge in [-0.2, -0.15) is 0 Å². The van der Waals surface area contributed by atoms with Crippen LogP contribution in [0.4, 0.5) is 17.1 Å². The van der Waals surface area contributed by atoms with E-state index in [1.54, 1.807) is 32.9 Å². The molecule has 0 aromatic heterocycles. The van der Waals surface area contributed by atoms with Gasteiger partial charge in [0.1, 0.15) is 0 Å².